The molecule has 1 heterocycles. The first-order valence-electron chi connectivity index (χ1n) is 4.08. The topological polar surface area (TPSA) is 59.9 Å². The molecule has 14 heavy (non-hydrogen) atoms. The molecule has 1 N–H and O–H groups in total. The summed E-state index contributed by atoms with van der Waals surface area (Å²) in [7, 11) is 1.56. The first-order chi connectivity index (χ1) is 6.83. The summed E-state index contributed by atoms with van der Waals surface area (Å²) in [5.74, 6) is 0.635. The van der Waals surface area contributed by atoms with Crippen LogP contribution in [0, 0.1) is 0 Å². The number of para-hydroxylation sites is 2. The lowest BCUT2D eigenvalue weighted by Crippen LogP contribution is -2.14. The molecule has 0 bridgehead atoms. The summed E-state index contributed by atoms with van der Waals surface area (Å²) in [5.41, 5.74) is 0.392. The van der Waals surface area contributed by atoms with Crippen LogP contribution in [0.25, 0.3) is 5.69 Å². The average molecular weight is 191 g/mol. The third-order valence-corrected chi connectivity index (χ3v) is 1.90. The highest BCUT2D eigenvalue weighted by Crippen LogP contribution is 2.19. The molecule has 0 aliphatic heterocycles. The van der Waals surface area contributed by atoms with Gasteiger partial charge in [-0.3, -0.25) is 0 Å². The summed E-state index contributed by atoms with van der Waals surface area (Å²) in [6.07, 6.45) is 1.42. The predicted molar refractivity (Wildman–Crippen MR) is 50.7 cm³/mol. The van der Waals surface area contributed by atoms with Gasteiger partial charge in [0.1, 0.15) is 12.1 Å². The molecular weight excluding hydrogens is 182 g/mol. The van der Waals surface area contributed by atoms with Crippen LogP contribution in [0.2, 0.25) is 0 Å². The number of aromatic amines is 1. The fourth-order valence-electron chi connectivity index (χ4n) is 1.25. The van der Waals surface area contributed by atoms with Crippen molar-refractivity contribution in [2.45, 2.75) is 0 Å². The number of aromatic nitrogens is 3. The largest absolute Gasteiger partial charge is 0.495 e. The molecule has 1 aromatic heterocycles. The van der Waals surface area contributed by atoms with Crippen LogP contribution in [0.1, 0.15) is 0 Å². The zero-order valence-corrected chi connectivity index (χ0v) is 7.60. The molecule has 0 radical (unpaired) electrons. The van der Waals surface area contributed by atoms with Gasteiger partial charge in [-0.05, 0) is 12.1 Å². The Kier molecular flexibility index (Phi) is 2.06. The van der Waals surface area contributed by atoms with Crippen molar-refractivity contribution >= 4 is 0 Å². The Morgan fingerprint density at radius 1 is 1.43 bits per heavy atom. The minimum absolute atomic E-state index is 0.283. The SMILES string of the molecule is COc1ccccc1-n1cn[nH]c1=O. The van der Waals surface area contributed by atoms with Crippen molar-refractivity contribution in [2.24, 2.45) is 0 Å². The maximum atomic E-state index is 11.3. The summed E-state index contributed by atoms with van der Waals surface area (Å²) in [6, 6.07) is 7.25. The van der Waals surface area contributed by atoms with Gasteiger partial charge in [-0.25, -0.2) is 14.5 Å². The predicted octanol–water partition coefficient (Wildman–Crippen LogP) is 0.569. The van der Waals surface area contributed by atoms with Gasteiger partial charge >= 0.3 is 5.69 Å². The van der Waals surface area contributed by atoms with E-state index in [4.69, 9.17) is 4.74 Å². The maximum absolute atomic E-state index is 11.3. The molecule has 0 saturated heterocycles. The van der Waals surface area contributed by atoms with Crippen LogP contribution in [0.5, 0.6) is 5.75 Å². The summed E-state index contributed by atoms with van der Waals surface area (Å²) in [4.78, 5) is 11.3. The number of ether oxygens (including phenoxy) is 1. The van der Waals surface area contributed by atoms with Gasteiger partial charge in [0, 0.05) is 0 Å². The Balaban J connectivity index is 2.62. The molecule has 0 atom stereocenters. The monoisotopic (exact) mass is 191 g/mol. The molecule has 0 unspecified atom stereocenters. The van der Waals surface area contributed by atoms with Gasteiger partial charge in [-0.15, -0.1) is 0 Å². The number of rotatable bonds is 2. The van der Waals surface area contributed by atoms with Crippen molar-refractivity contribution in [1.82, 2.24) is 14.8 Å². The lowest BCUT2D eigenvalue weighted by atomic mass is 10.3. The zero-order valence-electron chi connectivity index (χ0n) is 7.60. The lowest BCUT2D eigenvalue weighted by molar-refractivity contribution is 0.412. The molecule has 5 nitrogen and oxygen atoms in total. The Morgan fingerprint density at radius 2 is 2.21 bits per heavy atom. The minimum atomic E-state index is -0.283. The van der Waals surface area contributed by atoms with Crippen LogP contribution >= 0.6 is 0 Å². The molecule has 0 amide bonds. The summed E-state index contributed by atoms with van der Waals surface area (Å²) >= 11 is 0. The second-order valence-electron chi connectivity index (χ2n) is 2.70. The molecule has 0 aliphatic rings. The van der Waals surface area contributed by atoms with Crippen molar-refractivity contribution in [3.05, 3.63) is 41.1 Å². The van der Waals surface area contributed by atoms with Gasteiger partial charge in [-0.2, -0.15) is 5.10 Å². The van der Waals surface area contributed by atoms with E-state index in [1.165, 1.54) is 10.9 Å². The molecule has 0 fully saturated rings. The van der Waals surface area contributed by atoms with Crippen molar-refractivity contribution in [1.29, 1.82) is 0 Å². The van der Waals surface area contributed by atoms with E-state index in [-0.39, 0.29) is 5.69 Å². The van der Waals surface area contributed by atoms with Crippen molar-refractivity contribution in [2.75, 3.05) is 7.11 Å². The van der Waals surface area contributed by atoms with Crippen molar-refractivity contribution in [3.63, 3.8) is 0 Å². The standard InChI is InChI=1S/C9H9N3O2/c1-14-8-5-3-2-4-7(8)12-6-10-11-9(12)13/h2-6H,1H3,(H,11,13). The summed E-state index contributed by atoms with van der Waals surface area (Å²) < 4.78 is 6.51. The number of hydrogen-bond acceptors (Lipinski definition) is 3. The van der Waals surface area contributed by atoms with E-state index >= 15 is 0 Å². The Bertz CT molecular complexity index is 487. The highest BCUT2D eigenvalue weighted by Gasteiger charge is 2.05. The Labute approximate surface area is 80.0 Å². The first-order valence-corrected chi connectivity index (χ1v) is 4.08. The van der Waals surface area contributed by atoms with Crippen LogP contribution in [0.4, 0.5) is 0 Å². The molecule has 1 aromatic carbocycles. The van der Waals surface area contributed by atoms with E-state index in [0.717, 1.165) is 0 Å². The summed E-state index contributed by atoms with van der Waals surface area (Å²) in [6.45, 7) is 0. The molecule has 2 aromatic rings. The van der Waals surface area contributed by atoms with Crippen LogP contribution in [0.3, 0.4) is 0 Å². The molecule has 0 aliphatic carbocycles. The second kappa shape index (κ2) is 3.37. The molecular formula is C9H9N3O2. The van der Waals surface area contributed by atoms with Gasteiger partial charge in [0.05, 0.1) is 12.8 Å². The first kappa shape index (κ1) is 8.55. The van der Waals surface area contributed by atoms with E-state index < -0.39 is 0 Å². The normalized spacial score (nSPS) is 10.1. The van der Waals surface area contributed by atoms with Gasteiger partial charge in [0.2, 0.25) is 0 Å². The smallest absolute Gasteiger partial charge is 0.347 e. The highest BCUT2D eigenvalue weighted by molar-refractivity contribution is 5.45. The Morgan fingerprint density at radius 3 is 2.86 bits per heavy atom. The van der Waals surface area contributed by atoms with Crippen molar-refractivity contribution in [3.8, 4) is 11.4 Å². The quantitative estimate of drug-likeness (QED) is 0.754. The minimum Gasteiger partial charge on any atom is -0.495 e. The fraction of sp³-hybridized carbons (Fsp3) is 0.111. The number of benzene rings is 1. The fourth-order valence-corrected chi connectivity index (χ4v) is 1.25. The molecule has 2 rings (SSSR count). The lowest BCUT2D eigenvalue weighted by Gasteiger charge is -2.06. The molecule has 5 heteroatoms. The number of nitrogens with one attached hydrogen (secondary N) is 1. The summed E-state index contributed by atoms with van der Waals surface area (Å²) in [5, 5.41) is 5.96. The molecule has 0 saturated carbocycles. The molecule has 72 valence electrons. The van der Waals surface area contributed by atoms with Crippen LogP contribution in [-0.2, 0) is 0 Å². The number of nitrogens with zero attached hydrogens (tertiary/aromatic N) is 2. The van der Waals surface area contributed by atoms with Gasteiger partial charge in [-0.1, -0.05) is 12.1 Å². The average Bonchev–Trinajstić information content (AvgIpc) is 2.64. The van der Waals surface area contributed by atoms with Crippen LogP contribution in [-0.4, -0.2) is 21.9 Å². The zero-order chi connectivity index (χ0) is 9.97. The van der Waals surface area contributed by atoms with Crippen molar-refractivity contribution < 1.29 is 4.74 Å². The van der Waals surface area contributed by atoms with E-state index in [9.17, 15) is 4.79 Å². The second-order valence-corrected chi connectivity index (χ2v) is 2.70. The Hall–Kier alpha value is -2.04. The van der Waals surface area contributed by atoms with E-state index in [1.807, 2.05) is 12.1 Å². The van der Waals surface area contributed by atoms with Gasteiger partial charge in [0.25, 0.3) is 0 Å². The molecule has 0 spiro atoms. The van der Waals surface area contributed by atoms with E-state index in [0.29, 0.717) is 11.4 Å². The van der Waals surface area contributed by atoms with Crippen LogP contribution in [0.15, 0.2) is 35.4 Å². The van der Waals surface area contributed by atoms with E-state index in [1.54, 1.807) is 19.2 Å². The third-order valence-electron chi connectivity index (χ3n) is 1.90. The number of hydrogen-bond donors (Lipinski definition) is 1. The van der Waals surface area contributed by atoms with Gasteiger partial charge in [0.15, 0.2) is 0 Å². The van der Waals surface area contributed by atoms with Crippen LogP contribution < -0.4 is 10.4 Å². The van der Waals surface area contributed by atoms with E-state index in [2.05, 4.69) is 10.2 Å². The number of H-pyrrole nitrogens is 1. The highest BCUT2D eigenvalue weighted by atomic mass is 16.5. The number of methoxy groups -OCH3 is 1. The third kappa shape index (κ3) is 1.28. The van der Waals surface area contributed by atoms with Gasteiger partial charge < -0.3 is 4.74 Å². The maximum Gasteiger partial charge on any atom is 0.347 e.